The van der Waals surface area contributed by atoms with E-state index in [9.17, 15) is 19.8 Å². The molecule has 0 aliphatic heterocycles. The second kappa shape index (κ2) is 9.27. The van der Waals surface area contributed by atoms with Crippen LogP contribution in [0.4, 0.5) is 0 Å². The molecule has 29 heavy (non-hydrogen) atoms. The van der Waals surface area contributed by atoms with Gasteiger partial charge in [-0.05, 0) is 12.5 Å². The van der Waals surface area contributed by atoms with Gasteiger partial charge >= 0.3 is 5.97 Å². The molecular weight excluding hydrogens is 372 g/mol. The number of benzene rings is 2. The molecule has 1 heterocycles. The van der Waals surface area contributed by atoms with Crippen molar-refractivity contribution in [2.24, 2.45) is 0 Å². The number of esters is 1. The second-order valence-electron chi connectivity index (χ2n) is 6.37. The average molecular weight is 394 g/mol. The van der Waals surface area contributed by atoms with E-state index in [4.69, 9.17) is 4.74 Å². The minimum absolute atomic E-state index is 0.106. The van der Waals surface area contributed by atoms with Gasteiger partial charge in [0.1, 0.15) is 5.56 Å². The van der Waals surface area contributed by atoms with Gasteiger partial charge in [-0.3, -0.25) is 4.79 Å². The number of hydrogen-bond donors (Lipinski definition) is 2. The maximum Gasteiger partial charge on any atom is 0.344 e. The normalized spacial score (nSPS) is 11.8. The van der Waals surface area contributed by atoms with Gasteiger partial charge in [-0.1, -0.05) is 60.7 Å². The third-order valence-electron chi connectivity index (χ3n) is 4.34. The Balaban J connectivity index is 2.38. The molecule has 3 rings (SSSR count). The molecule has 2 aromatic carbocycles. The van der Waals surface area contributed by atoms with E-state index >= 15 is 0 Å². The van der Waals surface area contributed by atoms with E-state index < -0.39 is 24.2 Å². The van der Waals surface area contributed by atoms with Crippen LogP contribution in [-0.4, -0.2) is 45.3 Å². The smallest absolute Gasteiger partial charge is 0.344 e. The molecule has 3 aromatic rings. The van der Waals surface area contributed by atoms with Crippen LogP contribution in [0.25, 0.3) is 22.4 Å². The third-order valence-corrected chi connectivity index (χ3v) is 4.34. The lowest BCUT2D eigenvalue weighted by Crippen LogP contribution is -2.35. The predicted octanol–water partition coefficient (Wildman–Crippen LogP) is 2.11. The van der Waals surface area contributed by atoms with E-state index in [0.717, 1.165) is 4.68 Å². The number of aliphatic hydroxyl groups is 2. The van der Waals surface area contributed by atoms with Gasteiger partial charge in [0.2, 0.25) is 0 Å². The quantitative estimate of drug-likeness (QED) is 0.595. The maximum atomic E-state index is 13.1. The second-order valence-corrected chi connectivity index (χ2v) is 6.37. The zero-order valence-electron chi connectivity index (χ0n) is 16.0. The number of aliphatic hydroxyl groups excluding tert-OH is 2. The highest BCUT2D eigenvalue weighted by Gasteiger charge is 2.26. The monoisotopic (exact) mass is 394 g/mol. The van der Waals surface area contributed by atoms with E-state index in [1.807, 2.05) is 36.4 Å². The first-order chi connectivity index (χ1) is 14.1. The Morgan fingerprint density at radius 3 is 2.21 bits per heavy atom. The Bertz CT molecular complexity index is 1030. The summed E-state index contributed by atoms with van der Waals surface area (Å²) >= 11 is 0. The molecule has 0 radical (unpaired) electrons. The lowest BCUT2D eigenvalue weighted by molar-refractivity contribution is 0.0520. The van der Waals surface area contributed by atoms with Gasteiger partial charge in [-0.15, -0.1) is 0 Å². The molecule has 0 saturated carbocycles. The highest BCUT2D eigenvalue weighted by Crippen LogP contribution is 2.32. The van der Waals surface area contributed by atoms with Crippen LogP contribution in [0.3, 0.4) is 0 Å². The number of ether oxygens (including phenoxy) is 1. The molecule has 2 N–H and O–H groups in total. The lowest BCUT2D eigenvalue weighted by atomic mass is 9.95. The summed E-state index contributed by atoms with van der Waals surface area (Å²) in [6.07, 6.45) is -1.19. The highest BCUT2D eigenvalue weighted by atomic mass is 16.5. The van der Waals surface area contributed by atoms with E-state index in [-0.39, 0.29) is 18.7 Å². The number of nitrogens with zero attached hydrogens (tertiary/aromatic N) is 2. The van der Waals surface area contributed by atoms with Crippen molar-refractivity contribution in [3.63, 3.8) is 0 Å². The SMILES string of the molecule is CCOC(=O)c1c(-c2ccccc2)c(-c2ccccc2)nn(C[C@H](O)CO)c1=O. The van der Waals surface area contributed by atoms with Gasteiger partial charge in [0.25, 0.3) is 5.56 Å². The number of carbonyl (C=O) groups is 1. The number of aromatic nitrogens is 2. The minimum atomic E-state index is -1.19. The molecule has 7 heteroatoms. The van der Waals surface area contributed by atoms with Crippen LogP contribution in [0.5, 0.6) is 0 Å². The summed E-state index contributed by atoms with van der Waals surface area (Å²) < 4.78 is 6.16. The maximum absolute atomic E-state index is 13.1. The molecule has 0 aliphatic rings. The summed E-state index contributed by atoms with van der Waals surface area (Å²) in [7, 11) is 0. The van der Waals surface area contributed by atoms with Crippen molar-refractivity contribution in [3.8, 4) is 22.4 Å². The van der Waals surface area contributed by atoms with Crippen molar-refractivity contribution in [3.05, 3.63) is 76.6 Å². The van der Waals surface area contributed by atoms with Gasteiger partial charge in [-0.25, -0.2) is 9.48 Å². The summed E-state index contributed by atoms with van der Waals surface area (Å²) in [6, 6.07) is 18.2. The summed E-state index contributed by atoms with van der Waals surface area (Å²) in [6.45, 7) is 0.975. The standard InChI is InChI=1S/C22H22N2O5/c1-2-29-22(28)19-18(15-9-5-3-6-10-15)20(16-11-7-4-8-12-16)23-24(21(19)27)13-17(26)14-25/h3-12,17,25-26H,2,13-14H2,1H3/t17-/m0/s1. The van der Waals surface area contributed by atoms with Crippen molar-refractivity contribution in [2.45, 2.75) is 19.6 Å². The van der Waals surface area contributed by atoms with Crippen LogP contribution in [0.2, 0.25) is 0 Å². The van der Waals surface area contributed by atoms with E-state index in [1.165, 1.54) is 0 Å². The van der Waals surface area contributed by atoms with Crippen molar-refractivity contribution in [2.75, 3.05) is 13.2 Å². The molecule has 0 aliphatic carbocycles. The molecule has 0 fully saturated rings. The van der Waals surface area contributed by atoms with Gasteiger partial charge in [0.05, 0.1) is 31.6 Å². The first-order valence-electron chi connectivity index (χ1n) is 9.28. The van der Waals surface area contributed by atoms with Crippen LogP contribution in [0.15, 0.2) is 65.5 Å². The van der Waals surface area contributed by atoms with Gasteiger partial charge in [0.15, 0.2) is 0 Å². The minimum Gasteiger partial charge on any atom is -0.462 e. The number of hydrogen-bond acceptors (Lipinski definition) is 6. The first-order valence-corrected chi connectivity index (χ1v) is 9.28. The predicted molar refractivity (Wildman–Crippen MR) is 108 cm³/mol. The van der Waals surface area contributed by atoms with Gasteiger partial charge in [-0.2, -0.15) is 5.10 Å². The van der Waals surface area contributed by atoms with Crippen LogP contribution in [-0.2, 0) is 11.3 Å². The van der Waals surface area contributed by atoms with Crippen molar-refractivity contribution in [1.29, 1.82) is 0 Å². The third kappa shape index (κ3) is 4.42. The number of carbonyl (C=O) groups excluding carboxylic acids is 1. The van der Waals surface area contributed by atoms with E-state index in [1.54, 1.807) is 31.2 Å². The molecule has 0 unspecified atom stereocenters. The molecule has 7 nitrogen and oxygen atoms in total. The molecule has 0 spiro atoms. The fraction of sp³-hybridized carbons (Fsp3) is 0.227. The largest absolute Gasteiger partial charge is 0.462 e. The van der Waals surface area contributed by atoms with Crippen molar-refractivity contribution in [1.82, 2.24) is 9.78 Å². The summed E-state index contributed by atoms with van der Waals surface area (Å²) in [4.78, 5) is 25.9. The van der Waals surface area contributed by atoms with Crippen LogP contribution in [0, 0.1) is 0 Å². The zero-order chi connectivity index (χ0) is 20.8. The van der Waals surface area contributed by atoms with Crippen molar-refractivity contribution >= 4 is 5.97 Å². The molecule has 0 amide bonds. The first kappa shape index (κ1) is 20.4. The Morgan fingerprint density at radius 2 is 1.66 bits per heavy atom. The zero-order valence-corrected chi connectivity index (χ0v) is 16.0. The number of rotatable bonds is 7. The molecule has 0 bridgehead atoms. The molecule has 150 valence electrons. The molecule has 0 saturated heterocycles. The van der Waals surface area contributed by atoms with Crippen LogP contribution in [0.1, 0.15) is 17.3 Å². The van der Waals surface area contributed by atoms with Gasteiger partial charge < -0.3 is 14.9 Å². The fourth-order valence-electron chi connectivity index (χ4n) is 3.03. The Kier molecular flexibility index (Phi) is 6.54. The van der Waals surface area contributed by atoms with Crippen molar-refractivity contribution < 1.29 is 19.7 Å². The summed E-state index contributed by atoms with van der Waals surface area (Å²) in [5.41, 5.74) is 1.28. The lowest BCUT2D eigenvalue weighted by Gasteiger charge is -2.17. The summed E-state index contributed by atoms with van der Waals surface area (Å²) in [5.74, 6) is -0.761. The Labute approximate surface area is 167 Å². The Hall–Kier alpha value is -3.29. The highest BCUT2D eigenvalue weighted by molar-refractivity contribution is 6.00. The molecular formula is C22H22N2O5. The molecule has 1 atom stereocenters. The van der Waals surface area contributed by atoms with Gasteiger partial charge in [0, 0.05) is 11.1 Å². The fourth-order valence-corrected chi connectivity index (χ4v) is 3.03. The topological polar surface area (TPSA) is 102 Å². The van der Waals surface area contributed by atoms with Crippen LogP contribution >= 0.6 is 0 Å². The van der Waals surface area contributed by atoms with E-state index in [0.29, 0.717) is 22.4 Å². The molecule has 1 aromatic heterocycles. The average Bonchev–Trinajstić information content (AvgIpc) is 2.75. The Morgan fingerprint density at radius 1 is 1.07 bits per heavy atom. The summed E-state index contributed by atoms with van der Waals surface area (Å²) in [5, 5.41) is 23.5. The van der Waals surface area contributed by atoms with E-state index in [2.05, 4.69) is 5.10 Å². The van der Waals surface area contributed by atoms with Crippen LogP contribution < -0.4 is 5.56 Å².